The Morgan fingerprint density at radius 1 is 1.60 bits per heavy atom. The molecule has 0 aliphatic heterocycles. The SMILES string of the molecule is CC(NCc1cnn(C(C)C)c1)C(=O)O. The normalized spacial score (nSPS) is 13.1. The molecule has 0 radical (unpaired) electrons. The van der Waals surface area contributed by atoms with Crippen LogP contribution in [0.15, 0.2) is 12.4 Å². The van der Waals surface area contributed by atoms with Crippen LogP contribution in [0.2, 0.25) is 0 Å². The van der Waals surface area contributed by atoms with Gasteiger partial charge in [0, 0.05) is 24.3 Å². The third-order valence-electron chi connectivity index (χ3n) is 2.17. The van der Waals surface area contributed by atoms with E-state index in [1.54, 1.807) is 13.1 Å². The number of carboxylic acids is 1. The number of rotatable bonds is 5. The van der Waals surface area contributed by atoms with Gasteiger partial charge in [-0.15, -0.1) is 0 Å². The Morgan fingerprint density at radius 3 is 2.73 bits per heavy atom. The van der Waals surface area contributed by atoms with Gasteiger partial charge in [0.05, 0.1) is 6.20 Å². The molecule has 0 bridgehead atoms. The molecule has 1 unspecified atom stereocenters. The fourth-order valence-electron chi connectivity index (χ4n) is 1.11. The highest BCUT2D eigenvalue weighted by Gasteiger charge is 2.10. The standard InChI is InChI=1S/C10H17N3O2/c1-7(2)13-6-9(5-12-13)4-11-8(3)10(14)15/h5-8,11H,4H2,1-3H3,(H,14,15). The van der Waals surface area contributed by atoms with Crippen LogP contribution in [0.5, 0.6) is 0 Å². The van der Waals surface area contributed by atoms with Gasteiger partial charge in [-0.3, -0.25) is 9.48 Å². The van der Waals surface area contributed by atoms with Gasteiger partial charge in [0.2, 0.25) is 0 Å². The van der Waals surface area contributed by atoms with Crippen molar-refractivity contribution in [3.8, 4) is 0 Å². The van der Waals surface area contributed by atoms with Crippen molar-refractivity contribution < 1.29 is 9.90 Å². The highest BCUT2D eigenvalue weighted by atomic mass is 16.4. The Balaban J connectivity index is 2.47. The first kappa shape index (κ1) is 11.7. The first-order valence-corrected chi connectivity index (χ1v) is 5.00. The minimum absolute atomic E-state index is 0.329. The molecule has 1 rings (SSSR count). The van der Waals surface area contributed by atoms with Crippen LogP contribution in [0.3, 0.4) is 0 Å². The Labute approximate surface area is 89.1 Å². The van der Waals surface area contributed by atoms with Crippen molar-refractivity contribution in [2.45, 2.75) is 39.4 Å². The largest absolute Gasteiger partial charge is 0.480 e. The molecule has 1 atom stereocenters. The van der Waals surface area contributed by atoms with Crippen LogP contribution in [0.25, 0.3) is 0 Å². The third-order valence-corrected chi connectivity index (χ3v) is 2.17. The minimum Gasteiger partial charge on any atom is -0.480 e. The number of aliphatic carboxylic acids is 1. The molecule has 0 aliphatic carbocycles. The maximum absolute atomic E-state index is 10.6. The van der Waals surface area contributed by atoms with Crippen LogP contribution < -0.4 is 5.32 Å². The van der Waals surface area contributed by atoms with Crippen molar-refractivity contribution in [3.05, 3.63) is 18.0 Å². The lowest BCUT2D eigenvalue weighted by Gasteiger charge is -2.07. The molecule has 5 heteroatoms. The number of hydrogen-bond acceptors (Lipinski definition) is 3. The summed E-state index contributed by atoms with van der Waals surface area (Å²) in [5, 5.41) is 15.7. The van der Waals surface area contributed by atoms with Crippen molar-refractivity contribution in [1.82, 2.24) is 15.1 Å². The van der Waals surface area contributed by atoms with Crippen LogP contribution >= 0.6 is 0 Å². The Morgan fingerprint density at radius 2 is 2.27 bits per heavy atom. The fourth-order valence-corrected chi connectivity index (χ4v) is 1.11. The summed E-state index contributed by atoms with van der Waals surface area (Å²) < 4.78 is 1.85. The van der Waals surface area contributed by atoms with Crippen LogP contribution in [-0.2, 0) is 11.3 Å². The summed E-state index contributed by atoms with van der Waals surface area (Å²) in [6.07, 6.45) is 3.67. The zero-order chi connectivity index (χ0) is 11.4. The number of hydrogen-bond donors (Lipinski definition) is 2. The lowest BCUT2D eigenvalue weighted by atomic mass is 10.3. The van der Waals surface area contributed by atoms with Crippen molar-refractivity contribution in [2.24, 2.45) is 0 Å². The van der Waals surface area contributed by atoms with Gasteiger partial charge >= 0.3 is 5.97 Å². The van der Waals surface area contributed by atoms with Crippen LogP contribution in [0.4, 0.5) is 0 Å². The number of carboxylic acid groups (broad SMARTS) is 1. The molecule has 0 aromatic carbocycles. The van der Waals surface area contributed by atoms with Crippen molar-refractivity contribution in [2.75, 3.05) is 0 Å². The summed E-state index contributed by atoms with van der Waals surface area (Å²) in [6.45, 7) is 6.24. The van der Waals surface area contributed by atoms with E-state index in [4.69, 9.17) is 5.11 Å². The van der Waals surface area contributed by atoms with Crippen molar-refractivity contribution in [3.63, 3.8) is 0 Å². The topological polar surface area (TPSA) is 67.2 Å². The van der Waals surface area contributed by atoms with Gasteiger partial charge in [-0.25, -0.2) is 0 Å². The molecule has 0 saturated carbocycles. The zero-order valence-corrected chi connectivity index (χ0v) is 9.27. The second kappa shape index (κ2) is 4.93. The summed E-state index contributed by atoms with van der Waals surface area (Å²) in [5.74, 6) is -0.841. The zero-order valence-electron chi connectivity index (χ0n) is 9.27. The summed E-state index contributed by atoms with van der Waals surface area (Å²) in [5.41, 5.74) is 0.997. The van der Waals surface area contributed by atoms with E-state index >= 15 is 0 Å². The average Bonchev–Trinajstić information content (AvgIpc) is 2.62. The Hall–Kier alpha value is -1.36. The third kappa shape index (κ3) is 3.36. The molecular weight excluding hydrogens is 194 g/mol. The lowest BCUT2D eigenvalue weighted by molar-refractivity contribution is -0.139. The van der Waals surface area contributed by atoms with Gasteiger partial charge in [0.15, 0.2) is 0 Å². The van der Waals surface area contributed by atoms with Gasteiger partial charge in [0.25, 0.3) is 0 Å². The minimum atomic E-state index is -0.841. The summed E-state index contributed by atoms with van der Waals surface area (Å²) >= 11 is 0. The summed E-state index contributed by atoms with van der Waals surface area (Å²) in [6, 6.07) is -0.206. The fraction of sp³-hybridized carbons (Fsp3) is 0.600. The quantitative estimate of drug-likeness (QED) is 0.763. The molecule has 0 amide bonds. The highest BCUT2D eigenvalue weighted by Crippen LogP contribution is 2.05. The number of carbonyl (C=O) groups is 1. The molecule has 84 valence electrons. The monoisotopic (exact) mass is 211 g/mol. The summed E-state index contributed by atoms with van der Waals surface area (Å²) in [4.78, 5) is 10.6. The molecule has 0 aliphatic rings. The van der Waals surface area contributed by atoms with Crippen LogP contribution in [0.1, 0.15) is 32.4 Å². The Kier molecular flexibility index (Phi) is 3.85. The van der Waals surface area contributed by atoms with E-state index in [0.29, 0.717) is 12.6 Å². The maximum atomic E-state index is 10.6. The first-order chi connectivity index (χ1) is 7.00. The smallest absolute Gasteiger partial charge is 0.320 e. The number of nitrogens with zero attached hydrogens (tertiary/aromatic N) is 2. The van der Waals surface area contributed by atoms with E-state index in [0.717, 1.165) is 5.56 Å². The van der Waals surface area contributed by atoms with Gasteiger partial charge in [0.1, 0.15) is 6.04 Å². The van der Waals surface area contributed by atoms with Crippen LogP contribution in [-0.4, -0.2) is 26.9 Å². The molecule has 15 heavy (non-hydrogen) atoms. The van der Waals surface area contributed by atoms with E-state index in [-0.39, 0.29) is 0 Å². The van der Waals surface area contributed by atoms with Crippen LogP contribution in [0, 0.1) is 0 Å². The predicted octanol–water partition coefficient (Wildman–Crippen LogP) is 1.03. The van der Waals surface area contributed by atoms with E-state index in [9.17, 15) is 4.79 Å². The molecule has 1 heterocycles. The molecule has 2 N–H and O–H groups in total. The molecule has 0 spiro atoms. The Bertz CT molecular complexity index is 333. The van der Waals surface area contributed by atoms with Gasteiger partial charge in [-0.2, -0.15) is 5.10 Å². The number of aromatic nitrogens is 2. The number of nitrogens with one attached hydrogen (secondary N) is 1. The first-order valence-electron chi connectivity index (χ1n) is 5.00. The van der Waals surface area contributed by atoms with E-state index in [1.807, 2.05) is 24.7 Å². The van der Waals surface area contributed by atoms with Crippen molar-refractivity contribution >= 4 is 5.97 Å². The van der Waals surface area contributed by atoms with Crippen molar-refractivity contribution in [1.29, 1.82) is 0 Å². The molecular formula is C10H17N3O2. The molecule has 1 aromatic rings. The van der Waals surface area contributed by atoms with Gasteiger partial charge < -0.3 is 10.4 Å². The molecule has 1 aromatic heterocycles. The maximum Gasteiger partial charge on any atom is 0.320 e. The van der Waals surface area contributed by atoms with Gasteiger partial charge in [-0.1, -0.05) is 0 Å². The predicted molar refractivity (Wildman–Crippen MR) is 56.5 cm³/mol. The van der Waals surface area contributed by atoms with E-state index in [1.165, 1.54) is 0 Å². The second-order valence-electron chi connectivity index (χ2n) is 3.86. The lowest BCUT2D eigenvalue weighted by Crippen LogP contribution is -2.32. The molecule has 0 saturated heterocycles. The van der Waals surface area contributed by atoms with Gasteiger partial charge in [-0.05, 0) is 20.8 Å². The highest BCUT2D eigenvalue weighted by molar-refractivity contribution is 5.72. The van der Waals surface area contributed by atoms with E-state index < -0.39 is 12.0 Å². The summed E-state index contributed by atoms with van der Waals surface area (Å²) in [7, 11) is 0. The molecule has 5 nitrogen and oxygen atoms in total. The second-order valence-corrected chi connectivity index (χ2v) is 3.86. The average molecular weight is 211 g/mol. The molecule has 0 fully saturated rings. The van der Waals surface area contributed by atoms with E-state index in [2.05, 4.69) is 10.4 Å².